The highest BCUT2D eigenvalue weighted by Gasteiger charge is 2.13. The van der Waals surface area contributed by atoms with Crippen molar-refractivity contribution in [2.24, 2.45) is 0 Å². The third-order valence-corrected chi connectivity index (χ3v) is 3.11. The van der Waals surface area contributed by atoms with Gasteiger partial charge >= 0.3 is 0 Å². The summed E-state index contributed by atoms with van der Waals surface area (Å²) in [4.78, 5) is 6.22. The van der Waals surface area contributed by atoms with E-state index in [2.05, 4.69) is 10.1 Å². The van der Waals surface area contributed by atoms with Gasteiger partial charge in [0.15, 0.2) is 0 Å². The maximum absolute atomic E-state index is 9.66. The molecule has 1 aromatic heterocycles. The van der Waals surface area contributed by atoms with E-state index in [1.807, 2.05) is 24.1 Å². The molecule has 6 nitrogen and oxygen atoms in total. The van der Waals surface area contributed by atoms with Crippen LogP contribution in [-0.4, -0.2) is 53.6 Å². The van der Waals surface area contributed by atoms with E-state index in [9.17, 15) is 5.11 Å². The van der Waals surface area contributed by atoms with E-state index in [-0.39, 0.29) is 0 Å². The van der Waals surface area contributed by atoms with E-state index in [1.54, 1.807) is 19.2 Å². The first-order valence-corrected chi connectivity index (χ1v) is 6.90. The number of halogens is 1. The third-order valence-electron chi connectivity index (χ3n) is 2.86. The monoisotopic (exact) mass is 311 g/mol. The topological polar surface area (TPSA) is 71.6 Å². The molecule has 0 spiro atoms. The van der Waals surface area contributed by atoms with Crippen molar-refractivity contribution in [3.05, 3.63) is 35.2 Å². The fourth-order valence-corrected chi connectivity index (χ4v) is 2.06. The summed E-state index contributed by atoms with van der Waals surface area (Å²) in [7, 11) is 3.42. The predicted octanol–water partition coefficient (Wildman–Crippen LogP) is 1.83. The average Bonchev–Trinajstić information content (AvgIpc) is 2.88. The lowest BCUT2D eigenvalue weighted by Gasteiger charge is -2.17. The van der Waals surface area contributed by atoms with Gasteiger partial charge in [-0.2, -0.15) is 4.98 Å². The van der Waals surface area contributed by atoms with Gasteiger partial charge in [0, 0.05) is 24.2 Å². The zero-order valence-corrected chi connectivity index (χ0v) is 12.7. The molecule has 0 fully saturated rings. The van der Waals surface area contributed by atoms with Crippen LogP contribution in [0.3, 0.4) is 0 Å². The molecule has 114 valence electrons. The number of ether oxygens (including phenoxy) is 1. The molecule has 1 heterocycles. The Bertz CT molecular complexity index is 559. The lowest BCUT2D eigenvalue weighted by atomic mass is 10.2. The van der Waals surface area contributed by atoms with E-state index < -0.39 is 6.10 Å². The van der Waals surface area contributed by atoms with Crippen molar-refractivity contribution >= 4 is 11.6 Å². The summed E-state index contributed by atoms with van der Waals surface area (Å²) in [6.45, 7) is 1.22. The second kappa shape index (κ2) is 7.51. The molecule has 1 aromatic carbocycles. The molecule has 0 radical (unpaired) electrons. The summed E-state index contributed by atoms with van der Waals surface area (Å²) in [5.74, 6) is 1.01. The minimum Gasteiger partial charge on any atom is -0.389 e. The molecule has 21 heavy (non-hydrogen) atoms. The van der Waals surface area contributed by atoms with Crippen molar-refractivity contribution < 1.29 is 14.4 Å². The van der Waals surface area contributed by atoms with Gasteiger partial charge in [-0.05, 0) is 31.3 Å². The van der Waals surface area contributed by atoms with Gasteiger partial charge in [-0.1, -0.05) is 16.8 Å². The molecular weight excluding hydrogens is 294 g/mol. The molecule has 0 saturated heterocycles. The van der Waals surface area contributed by atoms with E-state index >= 15 is 0 Å². The number of likely N-dealkylation sites (N-methyl/N-ethyl adjacent to an activating group) is 1. The van der Waals surface area contributed by atoms with Gasteiger partial charge in [-0.25, -0.2) is 0 Å². The molecule has 1 atom stereocenters. The molecular formula is C14H18ClN3O3. The van der Waals surface area contributed by atoms with Gasteiger partial charge in [-0.3, -0.25) is 4.90 Å². The van der Waals surface area contributed by atoms with E-state index in [0.717, 1.165) is 5.56 Å². The fourth-order valence-electron chi connectivity index (χ4n) is 1.94. The van der Waals surface area contributed by atoms with Gasteiger partial charge in [0.25, 0.3) is 0 Å². The molecule has 2 aromatic rings. The molecule has 0 aliphatic heterocycles. The van der Waals surface area contributed by atoms with Crippen LogP contribution in [-0.2, 0) is 11.3 Å². The van der Waals surface area contributed by atoms with Gasteiger partial charge < -0.3 is 14.4 Å². The summed E-state index contributed by atoms with van der Waals surface area (Å²) < 4.78 is 10.1. The zero-order valence-electron chi connectivity index (χ0n) is 12.0. The van der Waals surface area contributed by atoms with Crippen molar-refractivity contribution in [1.82, 2.24) is 15.0 Å². The molecule has 0 aliphatic rings. The second-order valence-electron chi connectivity index (χ2n) is 4.82. The van der Waals surface area contributed by atoms with Crippen LogP contribution in [0.4, 0.5) is 0 Å². The highest BCUT2D eigenvalue weighted by atomic mass is 35.5. The number of aliphatic hydroxyl groups excluding tert-OH is 1. The number of hydrogen-bond acceptors (Lipinski definition) is 6. The summed E-state index contributed by atoms with van der Waals surface area (Å²) in [6, 6.07) is 7.23. The van der Waals surface area contributed by atoms with Crippen LogP contribution in [0, 0.1) is 0 Å². The van der Waals surface area contributed by atoms with Gasteiger partial charge in [-0.15, -0.1) is 0 Å². The number of benzene rings is 1. The lowest BCUT2D eigenvalue weighted by Crippen LogP contribution is -2.31. The summed E-state index contributed by atoms with van der Waals surface area (Å²) in [5.41, 5.74) is 0.844. The van der Waals surface area contributed by atoms with Gasteiger partial charge in [0.1, 0.15) is 0 Å². The van der Waals surface area contributed by atoms with Gasteiger partial charge in [0.05, 0.1) is 19.3 Å². The third kappa shape index (κ3) is 4.78. The van der Waals surface area contributed by atoms with Crippen LogP contribution in [0.5, 0.6) is 0 Å². The Balaban J connectivity index is 1.95. The number of aliphatic hydroxyl groups is 1. The Kier molecular flexibility index (Phi) is 5.69. The SMILES string of the molecule is COCC(O)CN(C)Cc1nc(-c2ccc(Cl)cc2)no1. The molecule has 2 rings (SSSR count). The Morgan fingerprint density at radius 1 is 1.38 bits per heavy atom. The van der Waals surface area contributed by atoms with Crippen LogP contribution >= 0.6 is 11.6 Å². The number of aromatic nitrogens is 2. The maximum Gasteiger partial charge on any atom is 0.241 e. The van der Waals surface area contributed by atoms with Crippen LogP contribution in [0.1, 0.15) is 5.89 Å². The number of methoxy groups -OCH3 is 1. The van der Waals surface area contributed by atoms with Crippen LogP contribution < -0.4 is 0 Å². The average molecular weight is 312 g/mol. The Morgan fingerprint density at radius 3 is 2.76 bits per heavy atom. The zero-order chi connectivity index (χ0) is 15.2. The predicted molar refractivity (Wildman–Crippen MR) is 79.0 cm³/mol. The standard InChI is InChI=1S/C14H18ClN3O3/c1-18(7-12(19)9-20-2)8-13-16-14(17-21-13)10-3-5-11(15)6-4-10/h3-6,12,19H,7-9H2,1-2H3. The molecule has 0 bridgehead atoms. The smallest absolute Gasteiger partial charge is 0.241 e. The van der Waals surface area contributed by atoms with Crippen molar-refractivity contribution in [3.63, 3.8) is 0 Å². The molecule has 0 amide bonds. The Labute approximate surface area is 128 Å². The largest absolute Gasteiger partial charge is 0.389 e. The molecule has 1 unspecified atom stereocenters. The fraction of sp³-hybridized carbons (Fsp3) is 0.429. The van der Waals surface area contributed by atoms with E-state index in [4.69, 9.17) is 20.9 Å². The quantitative estimate of drug-likeness (QED) is 0.841. The van der Waals surface area contributed by atoms with E-state index in [1.165, 1.54) is 0 Å². The number of nitrogens with zero attached hydrogens (tertiary/aromatic N) is 3. The summed E-state index contributed by atoms with van der Waals surface area (Å²) in [5, 5.41) is 14.3. The highest BCUT2D eigenvalue weighted by Crippen LogP contribution is 2.18. The first kappa shape index (κ1) is 15.9. The number of rotatable bonds is 7. The molecule has 0 saturated carbocycles. The second-order valence-corrected chi connectivity index (χ2v) is 5.26. The first-order valence-electron chi connectivity index (χ1n) is 6.52. The maximum atomic E-state index is 9.66. The van der Waals surface area contributed by atoms with E-state index in [0.29, 0.717) is 36.4 Å². The normalized spacial score (nSPS) is 12.8. The highest BCUT2D eigenvalue weighted by molar-refractivity contribution is 6.30. The van der Waals surface area contributed by atoms with Crippen molar-refractivity contribution in [2.75, 3.05) is 27.3 Å². The number of hydrogen-bond donors (Lipinski definition) is 1. The van der Waals surface area contributed by atoms with Crippen molar-refractivity contribution in [3.8, 4) is 11.4 Å². The summed E-state index contributed by atoms with van der Waals surface area (Å²) in [6.07, 6.45) is -0.543. The first-order chi connectivity index (χ1) is 10.1. The molecule has 1 N–H and O–H groups in total. The molecule has 7 heteroatoms. The van der Waals surface area contributed by atoms with Crippen LogP contribution in [0.15, 0.2) is 28.8 Å². The van der Waals surface area contributed by atoms with Crippen LogP contribution in [0.2, 0.25) is 5.02 Å². The minimum atomic E-state index is -0.543. The van der Waals surface area contributed by atoms with Crippen LogP contribution in [0.25, 0.3) is 11.4 Å². The summed E-state index contributed by atoms with van der Waals surface area (Å²) >= 11 is 5.84. The Morgan fingerprint density at radius 2 is 2.10 bits per heavy atom. The minimum absolute atomic E-state index is 0.296. The van der Waals surface area contributed by atoms with Crippen molar-refractivity contribution in [1.29, 1.82) is 0 Å². The molecule has 0 aliphatic carbocycles. The Hall–Kier alpha value is -1.47. The van der Waals surface area contributed by atoms with Crippen molar-refractivity contribution in [2.45, 2.75) is 12.6 Å². The lowest BCUT2D eigenvalue weighted by molar-refractivity contribution is 0.0400. The van der Waals surface area contributed by atoms with Gasteiger partial charge in [0.2, 0.25) is 11.7 Å².